The molecule has 20 heavy (non-hydrogen) atoms. The molecule has 0 aliphatic heterocycles. The van der Waals surface area contributed by atoms with Gasteiger partial charge in [0.15, 0.2) is 0 Å². The summed E-state index contributed by atoms with van der Waals surface area (Å²) in [5.74, 6) is -2.85. The molecular formula is C13H9NO6. The van der Waals surface area contributed by atoms with Gasteiger partial charge in [0.1, 0.15) is 17.0 Å². The maximum Gasteiger partial charge on any atom is 0.362 e. The van der Waals surface area contributed by atoms with Crippen molar-refractivity contribution in [3.8, 4) is 0 Å². The van der Waals surface area contributed by atoms with Crippen LogP contribution in [0.15, 0.2) is 44.5 Å². The number of fused-ring (bicyclic) bond motifs is 1. The lowest BCUT2D eigenvalue weighted by atomic mass is 10.2. The van der Waals surface area contributed by atoms with E-state index in [1.165, 1.54) is 6.07 Å². The van der Waals surface area contributed by atoms with Gasteiger partial charge in [-0.1, -0.05) is 18.2 Å². The average molecular weight is 275 g/mol. The van der Waals surface area contributed by atoms with Crippen LogP contribution in [0.5, 0.6) is 0 Å². The van der Waals surface area contributed by atoms with Crippen molar-refractivity contribution in [1.82, 2.24) is 0 Å². The monoisotopic (exact) mass is 275 g/mol. The summed E-state index contributed by atoms with van der Waals surface area (Å²) < 4.78 is 4.98. The zero-order valence-electron chi connectivity index (χ0n) is 10.1. The fraction of sp³-hybridized carbons (Fsp3) is 0.0769. The van der Waals surface area contributed by atoms with Gasteiger partial charge in [0, 0.05) is 5.39 Å². The molecule has 0 unspecified atom stereocenters. The van der Waals surface area contributed by atoms with E-state index in [-0.39, 0.29) is 5.69 Å². The zero-order chi connectivity index (χ0) is 14.7. The van der Waals surface area contributed by atoms with E-state index in [4.69, 9.17) is 14.6 Å². The second kappa shape index (κ2) is 5.35. The number of hydrogen-bond acceptors (Lipinski definition) is 5. The van der Waals surface area contributed by atoms with Crippen LogP contribution in [0.25, 0.3) is 11.0 Å². The van der Waals surface area contributed by atoms with E-state index in [2.05, 4.69) is 4.99 Å². The van der Waals surface area contributed by atoms with Crippen molar-refractivity contribution >= 4 is 34.3 Å². The topological polar surface area (TPSA) is 117 Å². The lowest BCUT2D eigenvalue weighted by Gasteiger charge is -2.00. The molecule has 2 N–H and O–H groups in total. The molecule has 0 spiro atoms. The van der Waals surface area contributed by atoms with Crippen molar-refractivity contribution in [2.45, 2.75) is 6.42 Å². The Morgan fingerprint density at radius 1 is 1.20 bits per heavy atom. The Hall–Kier alpha value is -2.96. The maximum absolute atomic E-state index is 11.7. The molecule has 0 radical (unpaired) electrons. The third-order valence-corrected chi connectivity index (χ3v) is 2.44. The third-order valence-electron chi connectivity index (χ3n) is 2.44. The molecule has 2 rings (SSSR count). The molecule has 1 heterocycles. The molecule has 0 saturated heterocycles. The number of rotatable bonds is 4. The Bertz CT molecular complexity index is 774. The standard InChI is InChI=1S/C13H9NO6/c15-11(16)6-8(12(17)18)14-9-5-7-3-1-2-4-10(7)20-13(9)19/h1-5H,6H2,(H,15,16)(H,17,18). The number of carbonyl (C=O) groups is 2. The van der Waals surface area contributed by atoms with Crippen molar-refractivity contribution in [1.29, 1.82) is 0 Å². The highest BCUT2D eigenvalue weighted by atomic mass is 16.4. The number of para-hydroxylation sites is 1. The van der Waals surface area contributed by atoms with Gasteiger partial charge >= 0.3 is 17.6 Å². The highest BCUT2D eigenvalue weighted by molar-refractivity contribution is 6.39. The molecule has 7 heteroatoms. The number of aliphatic carboxylic acids is 2. The molecule has 0 bridgehead atoms. The van der Waals surface area contributed by atoms with Crippen LogP contribution in [-0.2, 0) is 9.59 Å². The van der Waals surface area contributed by atoms with E-state index in [1.807, 2.05) is 0 Å². The van der Waals surface area contributed by atoms with E-state index in [0.29, 0.717) is 11.0 Å². The number of hydrogen-bond donors (Lipinski definition) is 2. The smallest absolute Gasteiger partial charge is 0.362 e. The van der Waals surface area contributed by atoms with Gasteiger partial charge in [0.05, 0.1) is 6.42 Å². The van der Waals surface area contributed by atoms with Crippen LogP contribution in [0.1, 0.15) is 6.42 Å². The zero-order valence-corrected chi connectivity index (χ0v) is 10.1. The third kappa shape index (κ3) is 2.89. The summed E-state index contributed by atoms with van der Waals surface area (Å²) >= 11 is 0. The predicted octanol–water partition coefficient (Wildman–Crippen LogP) is 1.42. The molecular weight excluding hydrogens is 266 g/mol. The maximum atomic E-state index is 11.7. The Morgan fingerprint density at radius 3 is 2.55 bits per heavy atom. The van der Waals surface area contributed by atoms with Gasteiger partial charge in [-0.2, -0.15) is 0 Å². The summed E-state index contributed by atoms with van der Waals surface area (Å²) in [6.07, 6.45) is -0.790. The van der Waals surface area contributed by atoms with Crippen molar-refractivity contribution in [2.75, 3.05) is 0 Å². The molecule has 7 nitrogen and oxygen atoms in total. The van der Waals surface area contributed by atoms with Gasteiger partial charge in [-0.15, -0.1) is 0 Å². The minimum atomic E-state index is -1.50. The van der Waals surface area contributed by atoms with Crippen LogP contribution in [0.3, 0.4) is 0 Å². The highest BCUT2D eigenvalue weighted by Gasteiger charge is 2.15. The van der Waals surface area contributed by atoms with E-state index < -0.39 is 29.7 Å². The lowest BCUT2D eigenvalue weighted by Crippen LogP contribution is -2.17. The van der Waals surface area contributed by atoms with Crippen molar-refractivity contribution in [2.24, 2.45) is 4.99 Å². The van der Waals surface area contributed by atoms with Crippen LogP contribution >= 0.6 is 0 Å². The fourth-order valence-corrected chi connectivity index (χ4v) is 1.58. The highest BCUT2D eigenvalue weighted by Crippen LogP contribution is 2.17. The van der Waals surface area contributed by atoms with Crippen LogP contribution < -0.4 is 5.63 Å². The molecule has 1 aromatic carbocycles. The average Bonchev–Trinajstić information content (AvgIpc) is 2.38. The van der Waals surface area contributed by atoms with E-state index in [0.717, 1.165) is 0 Å². The largest absolute Gasteiger partial charge is 0.481 e. The molecule has 0 atom stereocenters. The first-order valence-electron chi connectivity index (χ1n) is 5.53. The molecule has 102 valence electrons. The second-order valence-electron chi connectivity index (χ2n) is 3.89. The Morgan fingerprint density at radius 2 is 1.90 bits per heavy atom. The number of nitrogens with zero attached hydrogens (tertiary/aromatic N) is 1. The Balaban J connectivity index is 2.56. The van der Waals surface area contributed by atoms with Gasteiger partial charge < -0.3 is 14.6 Å². The summed E-state index contributed by atoms with van der Waals surface area (Å²) in [7, 11) is 0. The molecule has 0 aliphatic rings. The predicted molar refractivity (Wildman–Crippen MR) is 69.5 cm³/mol. The fourth-order valence-electron chi connectivity index (χ4n) is 1.58. The van der Waals surface area contributed by atoms with Crippen LogP contribution in [0, 0.1) is 0 Å². The normalized spacial score (nSPS) is 11.5. The summed E-state index contributed by atoms with van der Waals surface area (Å²) in [5.41, 5.74) is -1.37. The first-order valence-corrected chi connectivity index (χ1v) is 5.53. The number of aliphatic imine (C=N–C) groups is 1. The van der Waals surface area contributed by atoms with Crippen LogP contribution in [0.2, 0.25) is 0 Å². The van der Waals surface area contributed by atoms with Crippen molar-refractivity contribution < 1.29 is 24.2 Å². The first-order chi connectivity index (χ1) is 9.47. The summed E-state index contributed by atoms with van der Waals surface area (Å²) in [6, 6.07) is 7.99. The summed E-state index contributed by atoms with van der Waals surface area (Å²) in [4.78, 5) is 36.7. The van der Waals surface area contributed by atoms with Crippen molar-refractivity contribution in [3.63, 3.8) is 0 Å². The van der Waals surface area contributed by atoms with E-state index in [1.54, 1.807) is 24.3 Å². The molecule has 2 aromatic rings. The lowest BCUT2D eigenvalue weighted by molar-refractivity contribution is -0.137. The van der Waals surface area contributed by atoms with Crippen LogP contribution in [-0.4, -0.2) is 27.9 Å². The summed E-state index contributed by atoms with van der Waals surface area (Å²) in [6.45, 7) is 0. The number of benzene rings is 1. The Labute approximate surface area is 111 Å². The van der Waals surface area contributed by atoms with E-state index >= 15 is 0 Å². The number of carboxylic acid groups (broad SMARTS) is 2. The Kier molecular flexibility index (Phi) is 3.60. The molecule has 0 fully saturated rings. The van der Waals surface area contributed by atoms with Gasteiger partial charge in [0.25, 0.3) is 0 Å². The van der Waals surface area contributed by atoms with Gasteiger partial charge in [-0.3, -0.25) is 4.79 Å². The second-order valence-corrected chi connectivity index (χ2v) is 3.89. The van der Waals surface area contributed by atoms with Gasteiger partial charge in [0.2, 0.25) is 0 Å². The SMILES string of the molecule is O=C(O)CC(=Nc1cc2ccccc2oc1=O)C(=O)O. The molecule has 0 amide bonds. The quantitative estimate of drug-likeness (QED) is 0.643. The van der Waals surface area contributed by atoms with E-state index in [9.17, 15) is 14.4 Å². The molecule has 0 aliphatic carbocycles. The molecule has 1 aromatic heterocycles. The minimum Gasteiger partial charge on any atom is -0.481 e. The minimum absolute atomic E-state index is 0.248. The summed E-state index contributed by atoms with van der Waals surface area (Å²) in [5, 5.41) is 18.0. The first kappa shape index (κ1) is 13.5. The van der Waals surface area contributed by atoms with Crippen LogP contribution in [0.4, 0.5) is 5.69 Å². The van der Waals surface area contributed by atoms with Crippen molar-refractivity contribution in [3.05, 3.63) is 40.8 Å². The number of carboxylic acids is 2. The molecule has 0 saturated carbocycles. The van der Waals surface area contributed by atoms with Gasteiger partial charge in [-0.05, 0) is 12.1 Å². The van der Waals surface area contributed by atoms with Gasteiger partial charge in [-0.25, -0.2) is 14.6 Å².